The van der Waals surface area contributed by atoms with Crippen molar-refractivity contribution < 1.29 is 4.42 Å². The first kappa shape index (κ1) is 7.04. The summed E-state index contributed by atoms with van der Waals surface area (Å²) < 4.78 is 7.09. The van der Waals surface area contributed by atoms with Crippen molar-refractivity contribution in [2.45, 2.75) is 18.2 Å². The summed E-state index contributed by atoms with van der Waals surface area (Å²) in [5, 5.41) is 0. The van der Waals surface area contributed by atoms with Crippen LogP contribution in [0, 0.1) is 6.92 Å². The minimum Gasteiger partial charge on any atom is -0.459 e. The molecule has 0 radical (unpaired) electrons. The maximum atomic E-state index is 5.72. The minimum absolute atomic E-state index is 1.09. The van der Waals surface area contributed by atoms with Crippen LogP contribution in [0.1, 0.15) is 10.6 Å². The predicted octanol–water partition coefficient (Wildman–Crippen LogP) is 3.45. The molecule has 2 aromatic rings. The molecule has 0 saturated carbocycles. The second-order valence-electron chi connectivity index (χ2n) is 3.00. The van der Waals surface area contributed by atoms with Crippen LogP contribution in [0.4, 0.5) is 0 Å². The molecule has 0 atom stereocenters. The Morgan fingerprint density at radius 1 is 1.50 bits per heavy atom. The van der Waals surface area contributed by atoms with Gasteiger partial charge in [0.1, 0.15) is 11.3 Å². The number of rotatable bonds is 0. The average molecular weight is 196 g/mol. The molecule has 0 spiro atoms. The van der Waals surface area contributed by atoms with Crippen LogP contribution in [-0.4, -0.2) is 5.75 Å². The van der Waals surface area contributed by atoms with Gasteiger partial charge in [0.05, 0.1) is 9.60 Å². The van der Waals surface area contributed by atoms with Crippen LogP contribution >= 0.6 is 23.1 Å². The third kappa shape index (κ3) is 0.808. The van der Waals surface area contributed by atoms with Crippen LogP contribution in [0.15, 0.2) is 15.4 Å². The van der Waals surface area contributed by atoms with Crippen molar-refractivity contribution in [2.75, 3.05) is 5.75 Å². The lowest BCUT2D eigenvalue weighted by Crippen LogP contribution is -1.72. The van der Waals surface area contributed by atoms with E-state index in [2.05, 4.69) is 13.0 Å². The van der Waals surface area contributed by atoms with E-state index in [0.717, 1.165) is 12.0 Å². The van der Waals surface area contributed by atoms with E-state index in [1.807, 2.05) is 23.1 Å². The first-order chi connectivity index (χ1) is 5.84. The highest BCUT2D eigenvalue weighted by Gasteiger charge is 2.21. The molecule has 0 amide bonds. The Hall–Kier alpha value is -0.410. The second-order valence-corrected chi connectivity index (χ2v) is 5.36. The van der Waals surface area contributed by atoms with Crippen molar-refractivity contribution in [3.8, 4) is 0 Å². The zero-order chi connectivity index (χ0) is 8.13. The van der Waals surface area contributed by atoms with E-state index in [4.69, 9.17) is 4.42 Å². The summed E-state index contributed by atoms with van der Waals surface area (Å²) in [4.78, 5) is 2.75. The molecule has 0 N–H and O–H groups in total. The molecule has 0 aliphatic carbocycles. The molecule has 3 heterocycles. The van der Waals surface area contributed by atoms with E-state index in [9.17, 15) is 0 Å². The van der Waals surface area contributed by atoms with Crippen LogP contribution in [0.3, 0.4) is 0 Å². The summed E-state index contributed by atoms with van der Waals surface area (Å²) in [5.41, 5.74) is 1.09. The Balaban J connectivity index is 2.40. The molecule has 1 nitrogen and oxygen atoms in total. The summed E-state index contributed by atoms with van der Waals surface area (Å²) in [6.45, 7) is 2.13. The first-order valence-corrected chi connectivity index (χ1v) is 5.79. The van der Waals surface area contributed by atoms with Gasteiger partial charge >= 0.3 is 0 Å². The van der Waals surface area contributed by atoms with E-state index >= 15 is 0 Å². The topological polar surface area (TPSA) is 13.1 Å². The van der Waals surface area contributed by atoms with Gasteiger partial charge in [0.25, 0.3) is 0 Å². The van der Waals surface area contributed by atoms with Crippen LogP contribution in [0.2, 0.25) is 0 Å². The second kappa shape index (κ2) is 2.30. The molecule has 62 valence electrons. The number of thioether (sulfide) groups is 1. The number of furan rings is 1. The van der Waals surface area contributed by atoms with Crippen molar-refractivity contribution in [3.63, 3.8) is 0 Å². The van der Waals surface area contributed by atoms with Crippen LogP contribution < -0.4 is 0 Å². The fourth-order valence-electron chi connectivity index (χ4n) is 1.59. The van der Waals surface area contributed by atoms with Gasteiger partial charge in [-0.05, 0) is 13.0 Å². The van der Waals surface area contributed by atoms with Crippen molar-refractivity contribution in [2.24, 2.45) is 0 Å². The van der Waals surface area contributed by atoms with Crippen LogP contribution in [-0.2, 0) is 6.42 Å². The molecule has 2 aromatic heterocycles. The van der Waals surface area contributed by atoms with Crippen molar-refractivity contribution in [1.29, 1.82) is 0 Å². The monoisotopic (exact) mass is 196 g/mol. The van der Waals surface area contributed by atoms with Crippen LogP contribution in [0.25, 0.3) is 10.3 Å². The maximum Gasteiger partial charge on any atom is 0.146 e. The molecule has 12 heavy (non-hydrogen) atoms. The summed E-state index contributed by atoms with van der Waals surface area (Å²) in [6, 6.07) is 2.14. The lowest BCUT2D eigenvalue weighted by molar-refractivity contribution is 0.552. The molecule has 3 rings (SSSR count). The largest absolute Gasteiger partial charge is 0.459 e. The third-order valence-corrected chi connectivity index (χ3v) is 4.40. The van der Waals surface area contributed by atoms with Gasteiger partial charge in [-0.15, -0.1) is 23.1 Å². The molecule has 0 aromatic carbocycles. The lowest BCUT2D eigenvalue weighted by atomic mass is 10.4. The van der Waals surface area contributed by atoms with Gasteiger partial charge in [0.15, 0.2) is 0 Å². The Kier molecular flexibility index (Phi) is 1.35. The molecule has 0 bridgehead atoms. The smallest absolute Gasteiger partial charge is 0.146 e. The number of hydrogen-bond donors (Lipinski definition) is 0. The van der Waals surface area contributed by atoms with E-state index < -0.39 is 0 Å². The summed E-state index contributed by atoms with van der Waals surface area (Å²) in [6.07, 6.45) is 1.11. The van der Waals surface area contributed by atoms with Gasteiger partial charge < -0.3 is 4.42 Å². The highest BCUT2D eigenvalue weighted by atomic mass is 32.2. The quantitative estimate of drug-likeness (QED) is 0.640. The van der Waals surface area contributed by atoms with Crippen molar-refractivity contribution in [3.05, 3.63) is 16.7 Å². The van der Waals surface area contributed by atoms with E-state index in [1.165, 1.54) is 26.0 Å². The zero-order valence-electron chi connectivity index (χ0n) is 6.72. The summed E-state index contributed by atoms with van der Waals surface area (Å²) >= 11 is 3.78. The number of hydrogen-bond acceptors (Lipinski definition) is 3. The molecule has 0 unspecified atom stereocenters. The van der Waals surface area contributed by atoms with Gasteiger partial charge in [0.2, 0.25) is 0 Å². The highest BCUT2D eigenvalue weighted by Crippen LogP contribution is 2.43. The van der Waals surface area contributed by atoms with E-state index in [1.54, 1.807) is 0 Å². The van der Waals surface area contributed by atoms with E-state index in [0.29, 0.717) is 0 Å². The molecule has 1 aliphatic rings. The Morgan fingerprint density at radius 3 is 3.33 bits per heavy atom. The van der Waals surface area contributed by atoms with Crippen molar-refractivity contribution >= 4 is 33.4 Å². The van der Waals surface area contributed by atoms with E-state index in [-0.39, 0.29) is 0 Å². The third-order valence-electron chi connectivity index (χ3n) is 2.09. The average Bonchev–Trinajstić information content (AvgIpc) is 2.59. The fraction of sp³-hybridized carbons (Fsp3) is 0.333. The zero-order valence-corrected chi connectivity index (χ0v) is 8.35. The molecule has 3 heteroatoms. The number of thiophene rings is 1. The molecular weight excluding hydrogens is 188 g/mol. The van der Waals surface area contributed by atoms with Gasteiger partial charge in [-0.1, -0.05) is 0 Å². The Bertz CT molecular complexity index is 438. The fourth-order valence-corrected chi connectivity index (χ4v) is 3.81. The summed E-state index contributed by atoms with van der Waals surface area (Å²) in [5.74, 6) is 2.40. The van der Waals surface area contributed by atoms with Gasteiger partial charge in [-0.25, -0.2) is 0 Å². The molecular formula is C9H8OS2. The first-order valence-electron chi connectivity index (χ1n) is 3.99. The Morgan fingerprint density at radius 2 is 2.42 bits per heavy atom. The molecule has 0 saturated heterocycles. The highest BCUT2D eigenvalue weighted by molar-refractivity contribution is 8.00. The lowest BCUT2D eigenvalue weighted by Gasteiger charge is -1.82. The van der Waals surface area contributed by atoms with Gasteiger partial charge in [0, 0.05) is 17.1 Å². The van der Waals surface area contributed by atoms with Crippen molar-refractivity contribution in [1.82, 2.24) is 0 Å². The SMILES string of the molecule is Cc1cc2oc3c(c2s1)SCC3. The van der Waals surface area contributed by atoms with Gasteiger partial charge in [-0.3, -0.25) is 0 Å². The predicted molar refractivity (Wildman–Crippen MR) is 53.3 cm³/mol. The Labute approximate surface area is 78.8 Å². The maximum absolute atomic E-state index is 5.72. The summed E-state index contributed by atoms with van der Waals surface area (Å²) in [7, 11) is 0. The van der Waals surface area contributed by atoms with Gasteiger partial charge in [-0.2, -0.15) is 0 Å². The number of fused-ring (bicyclic) bond motifs is 3. The molecule has 1 aliphatic heterocycles. The normalized spacial score (nSPS) is 15.8. The standard InChI is InChI=1S/C9H8OS2/c1-5-4-7-9(12-5)8-6(10-7)2-3-11-8/h4H,2-3H2,1H3. The minimum atomic E-state index is 1.09. The van der Waals surface area contributed by atoms with Crippen LogP contribution in [0.5, 0.6) is 0 Å². The number of aryl methyl sites for hydroxylation is 2. The molecule has 0 fully saturated rings.